The largest absolute Gasteiger partial charge is 0.489 e. The van der Waals surface area contributed by atoms with Crippen LogP contribution in [0.3, 0.4) is 0 Å². The van der Waals surface area contributed by atoms with E-state index in [-0.39, 0.29) is 13.2 Å². The number of rotatable bonds is 6. The number of hydrogen-bond donors (Lipinski definition) is 1. The van der Waals surface area contributed by atoms with Crippen molar-refractivity contribution in [1.29, 1.82) is 0 Å². The molecule has 0 saturated carbocycles. The second kappa shape index (κ2) is 8.34. The Morgan fingerprint density at radius 2 is 2.00 bits per heavy atom. The second-order valence-corrected chi connectivity index (χ2v) is 5.87. The number of aliphatic hydroxyl groups excluding tert-OH is 1. The fourth-order valence-corrected chi connectivity index (χ4v) is 2.91. The number of ether oxygens (including phenoxy) is 2. The van der Waals surface area contributed by atoms with Crippen molar-refractivity contribution in [3.8, 4) is 16.9 Å². The Balaban J connectivity index is 2.59. The van der Waals surface area contributed by atoms with Crippen LogP contribution in [0.1, 0.15) is 17.3 Å². The summed E-state index contributed by atoms with van der Waals surface area (Å²) in [6, 6.07) is 10.6. The van der Waals surface area contributed by atoms with Gasteiger partial charge in [-0.05, 0) is 41.1 Å². The van der Waals surface area contributed by atoms with E-state index in [9.17, 15) is 4.79 Å². The number of carbonyl (C=O) groups excluding carboxylic acids is 1. The predicted molar refractivity (Wildman–Crippen MR) is 93.1 cm³/mol. The first-order valence-corrected chi connectivity index (χ1v) is 8.24. The minimum atomic E-state index is -0.421. The zero-order chi connectivity index (χ0) is 16.8. The van der Waals surface area contributed by atoms with Crippen molar-refractivity contribution in [3.05, 3.63) is 51.5 Å². The third kappa shape index (κ3) is 4.25. The molecule has 1 N–H and O–H groups in total. The molecule has 0 saturated heterocycles. The maximum atomic E-state index is 12.0. The first kappa shape index (κ1) is 17.8. The van der Waals surface area contributed by atoms with Crippen LogP contribution in [0.4, 0.5) is 0 Å². The highest BCUT2D eigenvalue weighted by Gasteiger charge is 2.18. The van der Waals surface area contributed by atoms with E-state index in [0.29, 0.717) is 33.0 Å². The van der Waals surface area contributed by atoms with Crippen LogP contribution in [0.2, 0.25) is 5.02 Å². The first-order chi connectivity index (χ1) is 11.1. The molecule has 122 valence electrons. The van der Waals surface area contributed by atoms with Crippen LogP contribution in [0, 0.1) is 0 Å². The van der Waals surface area contributed by atoms with Gasteiger partial charge in [-0.1, -0.05) is 29.8 Å². The summed E-state index contributed by atoms with van der Waals surface area (Å²) in [7, 11) is 0. The molecule has 0 aliphatic carbocycles. The summed E-state index contributed by atoms with van der Waals surface area (Å²) in [5, 5.41) is 9.54. The number of hydrogen-bond acceptors (Lipinski definition) is 4. The maximum Gasteiger partial charge on any atom is 0.338 e. The monoisotopic (exact) mass is 398 g/mol. The highest BCUT2D eigenvalue weighted by Crippen LogP contribution is 2.40. The smallest absolute Gasteiger partial charge is 0.338 e. The van der Waals surface area contributed by atoms with E-state index in [2.05, 4.69) is 15.9 Å². The number of halogens is 2. The Bertz CT molecular complexity index is 703. The quantitative estimate of drug-likeness (QED) is 0.735. The van der Waals surface area contributed by atoms with Crippen molar-refractivity contribution in [2.45, 2.75) is 6.92 Å². The zero-order valence-corrected chi connectivity index (χ0v) is 14.9. The molecule has 0 atom stereocenters. The summed E-state index contributed by atoms with van der Waals surface area (Å²) in [5.41, 5.74) is 1.78. The lowest BCUT2D eigenvalue weighted by atomic mass is 10.0. The average Bonchev–Trinajstić information content (AvgIpc) is 2.54. The fourth-order valence-electron chi connectivity index (χ4n) is 2.10. The van der Waals surface area contributed by atoms with Gasteiger partial charge in [0.05, 0.1) is 23.2 Å². The van der Waals surface area contributed by atoms with Gasteiger partial charge in [-0.15, -0.1) is 0 Å². The maximum absolute atomic E-state index is 12.0. The van der Waals surface area contributed by atoms with Crippen LogP contribution in [0.15, 0.2) is 40.9 Å². The molecule has 4 nitrogen and oxygen atoms in total. The zero-order valence-electron chi connectivity index (χ0n) is 12.5. The Labute approximate surface area is 148 Å². The topological polar surface area (TPSA) is 55.8 Å². The van der Waals surface area contributed by atoms with Gasteiger partial charge in [-0.25, -0.2) is 4.79 Å². The highest BCUT2D eigenvalue weighted by molar-refractivity contribution is 9.10. The fraction of sp³-hybridized carbons (Fsp3) is 0.235. The van der Waals surface area contributed by atoms with Gasteiger partial charge < -0.3 is 14.6 Å². The molecule has 0 aliphatic rings. The standard InChI is InChI=1S/C17H16BrClO4/c1-2-22-17(21)11-9-13(12-5-3-4-6-15(12)19)16(14(18)10-11)23-8-7-20/h3-6,9-10,20H,2,7-8H2,1H3. The molecular weight excluding hydrogens is 384 g/mol. The molecule has 0 aliphatic heterocycles. The summed E-state index contributed by atoms with van der Waals surface area (Å²) in [6.07, 6.45) is 0. The van der Waals surface area contributed by atoms with Crippen molar-refractivity contribution in [2.24, 2.45) is 0 Å². The van der Waals surface area contributed by atoms with Crippen molar-refractivity contribution >= 4 is 33.5 Å². The predicted octanol–water partition coefficient (Wildman–Crippen LogP) is 4.32. The van der Waals surface area contributed by atoms with E-state index in [1.807, 2.05) is 18.2 Å². The Hall–Kier alpha value is -1.56. The first-order valence-electron chi connectivity index (χ1n) is 7.07. The van der Waals surface area contributed by atoms with E-state index in [1.165, 1.54) is 0 Å². The van der Waals surface area contributed by atoms with Crippen molar-refractivity contribution < 1.29 is 19.4 Å². The van der Waals surface area contributed by atoms with E-state index in [4.69, 9.17) is 26.2 Å². The van der Waals surface area contributed by atoms with Crippen molar-refractivity contribution in [2.75, 3.05) is 19.8 Å². The molecule has 0 bridgehead atoms. The van der Waals surface area contributed by atoms with E-state index < -0.39 is 5.97 Å². The minimum absolute atomic E-state index is 0.117. The Morgan fingerprint density at radius 1 is 1.26 bits per heavy atom. The molecule has 0 aromatic heterocycles. The van der Waals surface area contributed by atoms with Crippen LogP contribution in [0.5, 0.6) is 5.75 Å². The summed E-state index contributed by atoms with van der Waals surface area (Å²) in [4.78, 5) is 12.0. The van der Waals surface area contributed by atoms with Gasteiger partial charge in [0, 0.05) is 16.1 Å². The summed E-state index contributed by atoms with van der Waals surface area (Å²) >= 11 is 9.69. The van der Waals surface area contributed by atoms with Crippen molar-refractivity contribution in [1.82, 2.24) is 0 Å². The average molecular weight is 400 g/mol. The molecule has 0 radical (unpaired) electrons. The Morgan fingerprint density at radius 3 is 2.65 bits per heavy atom. The van der Waals surface area contributed by atoms with Gasteiger partial charge in [0.1, 0.15) is 12.4 Å². The highest BCUT2D eigenvalue weighted by atomic mass is 79.9. The second-order valence-electron chi connectivity index (χ2n) is 4.61. The summed E-state index contributed by atoms with van der Waals surface area (Å²) in [5.74, 6) is 0.0930. The number of esters is 1. The van der Waals surface area contributed by atoms with Crippen LogP contribution >= 0.6 is 27.5 Å². The van der Waals surface area contributed by atoms with Crippen LogP contribution in [-0.4, -0.2) is 30.9 Å². The Kier molecular flexibility index (Phi) is 6.45. The van der Waals surface area contributed by atoms with E-state index in [0.717, 1.165) is 5.56 Å². The van der Waals surface area contributed by atoms with Gasteiger partial charge >= 0.3 is 5.97 Å². The number of benzene rings is 2. The van der Waals surface area contributed by atoms with Crippen LogP contribution < -0.4 is 4.74 Å². The van der Waals surface area contributed by atoms with Gasteiger partial charge in [0.25, 0.3) is 0 Å². The van der Waals surface area contributed by atoms with Crippen LogP contribution in [-0.2, 0) is 4.74 Å². The molecular formula is C17H16BrClO4. The normalized spacial score (nSPS) is 10.4. The van der Waals surface area contributed by atoms with Gasteiger partial charge in [-0.2, -0.15) is 0 Å². The molecule has 0 heterocycles. The molecule has 2 rings (SSSR count). The van der Waals surface area contributed by atoms with Gasteiger partial charge in [0.15, 0.2) is 0 Å². The van der Waals surface area contributed by atoms with Crippen molar-refractivity contribution in [3.63, 3.8) is 0 Å². The number of aliphatic hydroxyl groups is 1. The van der Waals surface area contributed by atoms with Gasteiger partial charge in [-0.3, -0.25) is 0 Å². The number of carbonyl (C=O) groups is 1. The van der Waals surface area contributed by atoms with Crippen LogP contribution in [0.25, 0.3) is 11.1 Å². The lowest BCUT2D eigenvalue weighted by molar-refractivity contribution is 0.0526. The van der Waals surface area contributed by atoms with Gasteiger partial charge in [0.2, 0.25) is 0 Å². The third-order valence-corrected chi connectivity index (χ3v) is 3.98. The molecule has 2 aromatic carbocycles. The molecule has 0 amide bonds. The molecule has 23 heavy (non-hydrogen) atoms. The SMILES string of the molecule is CCOC(=O)c1cc(Br)c(OCCO)c(-c2ccccc2Cl)c1. The molecule has 2 aromatic rings. The van der Waals surface area contributed by atoms with E-state index in [1.54, 1.807) is 25.1 Å². The van der Waals surface area contributed by atoms with E-state index >= 15 is 0 Å². The molecule has 0 spiro atoms. The lowest BCUT2D eigenvalue weighted by Gasteiger charge is -2.15. The summed E-state index contributed by atoms with van der Waals surface area (Å²) < 4.78 is 11.3. The minimum Gasteiger partial charge on any atom is -0.489 e. The third-order valence-electron chi connectivity index (χ3n) is 3.06. The lowest BCUT2D eigenvalue weighted by Crippen LogP contribution is -2.07. The summed E-state index contributed by atoms with van der Waals surface area (Å²) in [6.45, 7) is 2.06. The molecule has 0 unspecified atom stereocenters. The molecule has 0 fully saturated rings. The molecule has 6 heteroatoms.